The van der Waals surface area contributed by atoms with Crippen LogP contribution in [0.4, 0.5) is 0 Å². The van der Waals surface area contributed by atoms with E-state index in [2.05, 4.69) is 10.4 Å². The average molecular weight is 348 g/mol. The Morgan fingerprint density at radius 3 is 2.96 bits per heavy atom. The van der Waals surface area contributed by atoms with Gasteiger partial charge < -0.3 is 10.1 Å². The van der Waals surface area contributed by atoms with Crippen LogP contribution in [-0.2, 0) is 4.74 Å². The highest BCUT2D eigenvalue weighted by Crippen LogP contribution is 2.19. The minimum Gasteiger partial charge on any atom is -0.376 e. The number of nitrogens with one attached hydrogen (secondary N) is 1. The number of carbonyl (C=O) groups is 1. The number of carbonyl (C=O) groups excluding carboxylic acids is 1. The molecule has 2 aromatic rings. The second kappa shape index (κ2) is 7.15. The van der Waals surface area contributed by atoms with E-state index in [9.17, 15) is 9.59 Å². The number of hydrogen-bond donors (Lipinski definition) is 1. The van der Waals surface area contributed by atoms with Gasteiger partial charge in [0, 0.05) is 24.9 Å². The summed E-state index contributed by atoms with van der Waals surface area (Å²) in [5.41, 5.74) is 0.646. The molecule has 0 saturated carbocycles. The van der Waals surface area contributed by atoms with Crippen LogP contribution in [-0.4, -0.2) is 34.9 Å². The Bertz CT molecular complexity index is 813. The van der Waals surface area contributed by atoms with Gasteiger partial charge in [-0.25, -0.2) is 4.68 Å². The first-order valence-electron chi connectivity index (χ1n) is 7.82. The van der Waals surface area contributed by atoms with Crippen LogP contribution in [0.5, 0.6) is 0 Å². The van der Waals surface area contributed by atoms with Gasteiger partial charge in [0.2, 0.25) is 5.43 Å². The Morgan fingerprint density at radius 2 is 2.25 bits per heavy atom. The normalized spacial score (nSPS) is 17.0. The molecule has 1 aliphatic rings. The van der Waals surface area contributed by atoms with Gasteiger partial charge >= 0.3 is 0 Å². The van der Waals surface area contributed by atoms with Crippen molar-refractivity contribution >= 4 is 17.5 Å². The Labute approximate surface area is 144 Å². The van der Waals surface area contributed by atoms with Crippen molar-refractivity contribution in [3.63, 3.8) is 0 Å². The van der Waals surface area contributed by atoms with Gasteiger partial charge in [-0.05, 0) is 31.9 Å². The minimum atomic E-state index is -0.503. The maximum atomic E-state index is 12.3. The van der Waals surface area contributed by atoms with E-state index in [4.69, 9.17) is 16.3 Å². The Morgan fingerprint density at radius 1 is 1.46 bits per heavy atom. The highest BCUT2D eigenvalue weighted by Gasteiger charge is 2.20. The van der Waals surface area contributed by atoms with E-state index in [1.54, 1.807) is 25.1 Å². The number of ether oxygens (including phenoxy) is 1. The molecule has 1 aromatic heterocycles. The number of amides is 1. The van der Waals surface area contributed by atoms with Gasteiger partial charge in [-0.3, -0.25) is 9.59 Å². The summed E-state index contributed by atoms with van der Waals surface area (Å²) in [4.78, 5) is 24.5. The van der Waals surface area contributed by atoms with Crippen LogP contribution in [0, 0.1) is 6.92 Å². The Hall–Kier alpha value is -2.18. The van der Waals surface area contributed by atoms with Crippen molar-refractivity contribution in [2.24, 2.45) is 0 Å². The van der Waals surface area contributed by atoms with Crippen molar-refractivity contribution in [2.45, 2.75) is 25.9 Å². The first kappa shape index (κ1) is 16.7. The van der Waals surface area contributed by atoms with Crippen LogP contribution in [0.2, 0.25) is 5.02 Å². The van der Waals surface area contributed by atoms with Gasteiger partial charge in [-0.1, -0.05) is 23.7 Å². The molecular formula is C17H18ClN3O3. The molecule has 1 unspecified atom stereocenters. The molecule has 0 bridgehead atoms. The third kappa shape index (κ3) is 3.49. The van der Waals surface area contributed by atoms with Crippen molar-refractivity contribution in [3.05, 3.63) is 57.0 Å². The zero-order valence-corrected chi connectivity index (χ0v) is 14.0. The molecule has 0 radical (unpaired) electrons. The molecule has 1 amide bonds. The number of nitrogens with zero attached hydrogens (tertiary/aromatic N) is 2. The number of benzene rings is 1. The summed E-state index contributed by atoms with van der Waals surface area (Å²) in [7, 11) is 0. The zero-order chi connectivity index (χ0) is 17.1. The lowest BCUT2D eigenvalue weighted by atomic mass is 10.2. The van der Waals surface area contributed by atoms with E-state index in [0.717, 1.165) is 12.8 Å². The third-order valence-corrected chi connectivity index (χ3v) is 4.24. The zero-order valence-electron chi connectivity index (χ0n) is 13.3. The van der Waals surface area contributed by atoms with E-state index in [-0.39, 0.29) is 11.8 Å². The number of para-hydroxylation sites is 1. The molecule has 1 fully saturated rings. The molecule has 24 heavy (non-hydrogen) atoms. The van der Waals surface area contributed by atoms with Gasteiger partial charge in [0.15, 0.2) is 5.69 Å². The maximum Gasteiger partial charge on any atom is 0.275 e. The van der Waals surface area contributed by atoms with E-state index in [1.807, 2.05) is 6.07 Å². The molecule has 7 heteroatoms. The van der Waals surface area contributed by atoms with Gasteiger partial charge in [0.25, 0.3) is 5.91 Å². The fraction of sp³-hybridized carbons (Fsp3) is 0.353. The van der Waals surface area contributed by atoms with E-state index in [1.165, 1.54) is 10.7 Å². The molecule has 1 aromatic carbocycles. The number of aromatic nitrogens is 2. The molecule has 0 spiro atoms. The number of rotatable bonds is 4. The lowest BCUT2D eigenvalue weighted by Crippen LogP contribution is -2.36. The molecule has 1 N–H and O–H groups in total. The summed E-state index contributed by atoms with van der Waals surface area (Å²) >= 11 is 6.19. The summed E-state index contributed by atoms with van der Waals surface area (Å²) in [6.07, 6.45) is 1.90. The van der Waals surface area contributed by atoms with Crippen LogP contribution in [0.25, 0.3) is 5.69 Å². The van der Waals surface area contributed by atoms with Gasteiger partial charge in [-0.15, -0.1) is 0 Å². The highest BCUT2D eigenvalue weighted by atomic mass is 35.5. The summed E-state index contributed by atoms with van der Waals surface area (Å²) in [6.45, 7) is 2.83. The molecule has 126 valence electrons. The average Bonchev–Trinajstić information content (AvgIpc) is 3.07. The second-order valence-corrected chi connectivity index (χ2v) is 6.11. The minimum absolute atomic E-state index is 0.00481. The first-order valence-corrected chi connectivity index (χ1v) is 8.20. The van der Waals surface area contributed by atoms with Crippen molar-refractivity contribution in [1.82, 2.24) is 15.1 Å². The standard InChI is InChI=1S/C17H18ClN3O3/c1-11-9-15(22)16(17(23)19-10-12-5-4-8-24-12)20-21(11)14-7-3-2-6-13(14)18/h2-3,6-7,9,12H,4-5,8,10H2,1H3,(H,19,23). The predicted octanol–water partition coefficient (Wildman–Crippen LogP) is 2.10. The molecule has 6 nitrogen and oxygen atoms in total. The maximum absolute atomic E-state index is 12.3. The van der Waals surface area contributed by atoms with Crippen molar-refractivity contribution in [3.8, 4) is 5.69 Å². The van der Waals surface area contributed by atoms with Crippen LogP contribution < -0.4 is 10.7 Å². The van der Waals surface area contributed by atoms with Crippen molar-refractivity contribution < 1.29 is 9.53 Å². The smallest absolute Gasteiger partial charge is 0.275 e. The second-order valence-electron chi connectivity index (χ2n) is 5.71. The Kier molecular flexibility index (Phi) is 4.97. The highest BCUT2D eigenvalue weighted by molar-refractivity contribution is 6.32. The summed E-state index contributed by atoms with van der Waals surface area (Å²) in [5, 5.41) is 7.43. The lowest BCUT2D eigenvalue weighted by Gasteiger charge is -2.13. The van der Waals surface area contributed by atoms with Crippen molar-refractivity contribution in [2.75, 3.05) is 13.2 Å². The number of hydrogen-bond acceptors (Lipinski definition) is 4. The number of aryl methyl sites for hydroxylation is 1. The lowest BCUT2D eigenvalue weighted by molar-refractivity contribution is 0.0851. The molecule has 3 rings (SSSR count). The van der Waals surface area contributed by atoms with Gasteiger partial charge in [0.05, 0.1) is 16.8 Å². The summed E-state index contributed by atoms with van der Waals surface area (Å²) < 4.78 is 6.97. The van der Waals surface area contributed by atoms with Gasteiger partial charge in [-0.2, -0.15) is 5.10 Å². The summed E-state index contributed by atoms with van der Waals surface area (Å²) in [5.74, 6) is -0.503. The van der Waals surface area contributed by atoms with E-state index >= 15 is 0 Å². The first-order chi connectivity index (χ1) is 11.6. The number of halogens is 1. The fourth-order valence-electron chi connectivity index (χ4n) is 2.67. The SMILES string of the molecule is Cc1cc(=O)c(C(=O)NCC2CCCO2)nn1-c1ccccc1Cl. The third-order valence-electron chi connectivity index (χ3n) is 3.92. The van der Waals surface area contributed by atoms with E-state index in [0.29, 0.717) is 29.6 Å². The molecule has 2 heterocycles. The van der Waals surface area contributed by atoms with Crippen LogP contribution in [0.15, 0.2) is 35.1 Å². The fourth-order valence-corrected chi connectivity index (χ4v) is 2.88. The molecule has 1 atom stereocenters. The van der Waals surface area contributed by atoms with Crippen LogP contribution >= 0.6 is 11.6 Å². The molecule has 1 aliphatic heterocycles. The Balaban J connectivity index is 1.88. The topological polar surface area (TPSA) is 73.2 Å². The molecule has 0 aliphatic carbocycles. The monoisotopic (exact) mass is 347 g/mol. The largest absolute Gasteiger partial charge is 0.376 e. The van der Waals surface area contributed by atoms with Crippen LogP contribution in [0.1, 0.15) is 29.0 Å². The van der Waals surface area contributed by atoms with Crippen LogP contribution in [0.3, 0.4) is 0 Å². The van der Waals surface area contributed by atoms with E-state index < -0.39 is 11.3 Å². The predicted molar refractivity (Wildman–Crippen MR) is 90.9 cm³/mol. The molecular weight excluding hydrogens is 330 g/mol. The van der Waals surface area contributed by atoms with Crippen molar-refractivity contribution in [1.29, 1.82) is 0 Å². The molecule has 1 saturated heterocycles. The quantitative estimate of drug-likeness (QED) is 0.919. The van der Waals surface area contributed by atoms with Gasteiger partial charge in [0.1, 0.15) is 0 Å². The summed E-state index contributed by atoms with van der Waals surface area (Å²) in [6, 6.07) is 8.52.